The van der Waals surface area contributed by atoms with Crippen LogP contribution in [-0.2, 0) is 13.0 Å². The molecule has 1 aliphatic rings. The Labute approximate surface area is 141 Å². The predicted molar refractivity (Wildman–Crippen MR) is 88.3 cm³/mol. The third-order valence-electron chi connectivity index (χ3n) is 4.45. The van der Waals surface area contributed by atoms with Crippen LogP contribution in [0.5, 0.6) is 0 Å². The van der Waals surface area contributed by atoms with E-state index >= 15 is 0 Å². The molecule has 7 heteroatoms. The molecule has 2 aromatic rings. The van der Waals surface area contributed by atoms with E-state index in [1.165, 1.54) is 19.3 Å². The maximum atomic E-state index is 11.5. The van der Waals surface area contributed by atoms with Crippen LogP contribution in [0.25, 0.3) is 0 Å². The fourth-order valence-corrected chi connectivity index (χ4v) is 3.15. The number of piperidine rings is 1. The third kappa shape index (κ3) is 4.17. The molecule has 1 fully saturated rings. The minimum atomic E-state index is -0.324. The maximum absolute atomic E-state index is 11.5. The smallest absolute Gasteiger partial charge is 0.292 e. The Hall–Kier alpha value is -2.28. The summed E-state index contributed by atoms with van der Waals surface area (Å²) in [6, 6.07) is 6.52. The van der Waals surface area contributed by atoms with Crippen LogP contribution < -0.4 is 5.32 Å². The topological polar surface area (TPSA) is 84.2 Å². The third-order valence-corrected chi connectivity index (χ3v) is 4.45. The number of likely N-dealkylation sites (tertiary alicyclic amines) is 1. The summed E-state index contributed by atoms with van der Waals surface area (Å²) in [7, 11) is 1.55. The SMILES string of the molecule is CNC(=O)c1noc(CN2CCCCC2CCc2ccccn2)n1. The van der Waals surface area contributed by atoms with Crippen molar-refractivity contribution in [3.8, 4) is 0 Å². The first-order valence-electron chi connectivity index (χ1n) is 8.45. The number of carbonyl (C=O) groups excluding carboxylic acids is 1. The highest BCUT2D eigenvalue weighted by atomic mass is 16.5. The van der Waals surface area contributed by atoms with Gasteiger partial charge in [-0.3, -0.25) is 14.7 Å². The zero-order valence-electron chi connectivity index (χ0n) is 13.9. The molecule has 0 spiro atoms. The van der Waals surface area contributed by atoms with Gasteiger partial charge in [-0.05, 0) is 44.4 Å². The molecule has 1 aliphatic heterocycles. The zero-order valence-corrected chi connectivity index (χ0v) is 13.9. The van der Waals surface area contributed by atoms with Gasteiger partial charge in [0.25, 0.3) is 11.7 Å². The van der Waals surface area contributed by atoms with Gasteiger partial charge in [0.2, 0.25) is 5.89 Å². The fraction of sp³-hybridized carbons (Fsp3) is 0.529. The Kier molecular flexibility index (Phi) is 5.53. The molecule has 2 aromatic heterocycles. The van der Waals surface area contributed by atoms with Gasteiger partial charge in [-0.2, -0.15) is 4.98 Å². The average molecular weight is 329 g/mol. The number of amides is 1. The number of nitrogens with one attached hydrogen (secondary N) is 1. The van der Waals surface area contributed by atoms with Gasteiger partial charge in [0.1, 0.15) is 0 Å². The highest BCUT2D eigenvalue weighted by molar-refractivity contribution is 5.89. The summed E-state index contributed by atoms with van der Waals surface area (Å²) in [4.78, 5) is 22.5. The van der Waals surface area contributed by atoms with Gasteiger partial charge in [0, 0.05) is 25.0 Å². The van der Waals surface area contributed by atoms with E-state index in [0.29, 0.717) is 18.5 Å². The molecule has 0 bridgehead atoms. The van der Waals surface area contributed by atoms with Crippen LogP contribution in [0.15, 0.2) is 28.9 Å². The van der Waals surface area contributed by atoms with Gasteiger partial charge in [-0.1, -0.05) is 17.6 Å². The highest BCUT2D eigenvalue weighted by Crippen LogP contribution is 2.22. The molecule has 1 N–H and O–H groups in total. The normalized spacial score (nSPS) is 18.5. The van der Waals surface area contributed by atoms with Crippen molar-refractivity contribution < 1.29 is 9.32 Å². The maximum Gasteiger partial charge on any atom is 0.292 e. The number of hydrogen-bond donors (Lipinski definition) is 1. The molecule has 1 amide bonds. The van der Waals surface area contributed by atoms with Crippen molar-refractivity contribution in [3.63, 3.8) is 0 Å². The predicted octanol–water partition coefficient (Wildman–Crippen LogP) is 1.81. The zero-order chi connectivity index (χ0) is 16.8. The van der Waals surface area contributed by atoms with Gasteiger partial charge < -0.3 is 9.84 Å². The van der Waals surface area contributed by atoms with Crippen LogP contribution in [-0.4, -0.2) is 45.6 Å². The minimum Gasteiger partial charge on any atom is -0.352 e. The molecule has 128 valence electrons. The van der Waals surface area contributed by atoms with Gasteiger partial charge in [0.15, 0.2) is 0 Å². The van der Waals surface area contributed by atoms with Crippen LogP contribution in [0.4, 0.5) is 0 Å². The van der Waals surface area contributed by atoms with E-state index < -0.39 is 0 Å². The fourth-order valence-electron chi connectivity index (χ4n) is 3.15. The highest BCUT2D eigenvalue weighted by Gasteiger charge is 2.24. The van der Waals surface area contributed by atoms with Crippen molar-refractivity contribution in [2.24, 2.45) is 0 Å². The standard InChI is InChI=1S/C17H23N5O2/c1-18-17(23)16-20-15(24-21-16)12-22-11-5-3-7-14(22)9-8-13-6-2-4-10-19-13/h2,4,6,10,14H,3,5,7-9,11-12H2,1H3,(H,18,23). The first-order valence-corrected chi connectivity index (χ1v) is 8.45. The molecule has 0 saturated carbocycles. The van der Waals surface area contributed by atoms with Crippen molar-refractivity contribution in [1.82, 2.24) is 25.3 Å². The summed E-state index contributed by atoms with van der Waals surface area (Å²) < 4.78 is 5.23. The molecule has 0 radical (unpaired) electrons. The lowest BCUT2D eigenvalue weighted by Gasteiger charge is -2.34. The summed E-state index contributed by atoms with van der Waals surface area (Å²) in [5, 5.41) is 6.24. The van der Waals surface area contributed by atoms with Gasteiger partial charge in [-0.25, -0.2) is 0 Å². The second kappa shape index (κ2) is 8.01. The second-order valence-corrected chi connectivity index (χ2v) is 6.07. The lowest BCUT2D eigenvalue weighted by Crippen LogP contribution is -2.39. The van der Waals surface area contributed by atoms with E-state index in [1.807, 2.05) is 18.3 Å². The molecular formula is C17H23N5O2. The van der Waals surface area contributed by atoms with Crippen molar-refractivity contribution in [1.29, 1.82) is 0 Å². The molecule has 24 heavy (non-hydrogen) atoms. The Morgan fingerprint density at radius 3 is 3.12 bits per heavy atom. The van der Waals surface area contributed by atoms with E-state index in [0.717, 1.165) is 25.1 Å². The number of aromatic nitrogens is 3. The first kappa shape index (κ1) is 16.6. The lowest BCUT2D eigenvalue weighted by molar-refractivity contribution is 0.0949. The van der Waals surface area contributed by atoms with E-state index in [1.54, 1.807) is 7.05 Å². The molecule has 1 saturated heterocycles. The van der Waals surface area contributed by atoms with Crippen LogP contribution in [0.2, 0.25) is 0 Å². The molecule has 0 aliphatic carbocycles. The van der Waals surface area contributed by atoms with Gasteiger partial charge >= 0.3 is 0 Å². The monoisotopic (exact) mass is 329 g/mol. The Bertz CT molecular complexity index is 658. The van der Waals surface area contributed by atoms with Crippen LogP contribution >= 0.6 is 0 Å². The molecule has 0 aromatic carbocycles. The van der Waals surface area contributed by atoms with Crippen molar-refractivity contribution in [2.45, 2.75) is 44.7 Å². The molecular weight excluding hydrogens is 306 g/mol. The quantitative estimate of drug-likeness (QED) is 0.870. The van der Waals surface area contributed by atoms with E-state index in [9.17, 15) is 4.79 Å². The van der Waals surface area contributed by atoms with Crippen molar-refractivity contribution in [3.05, 3.63) is 41.8 Å². The lowest BCUT2D eigenvalue weighted by atomic mass is 9.97. The molecule has 7 nitrogen and oxygen atoms in total. The Morgan fingerprint density at radius 1 is 1.42 bits per heavy atom. The average Bonchev–Trinajstić information content (AvgIpc) is 3.10. The second-order valence-electron chi connectivity index (χ2n) is 6.07. The van der Waals surface area contributed by atoms with Crippen molar-refractivity contribution in [2.75, 3.05) is 13.6 Å². The number of carbonyl (C=O) groups is 1. The number of nitrogens with zero attached hydrogens (tertiary/aromatic N) is 4. The summed E-state index contributed by atoms with van der Waals surface area (Å²) in [6.07, 6.45) is 7.46. The summed E-state index contributed by atoms with van der Waals surface area (Å²) in [6.45, 7) is 1.61. The van der Waals surface area contributed by atoms with Crippen LogP contribution in [0.3, 0.4) is 0 Å². The van der Waals surface area contributed by atoms with E-state index in [2.05, 4.69) is 31.4 Å². The molecule has 1 unspecified atom stereocenters. The van der Waals surface area contributed by atoms with Crippen LogP contribution in [0, 0.1) is 0 Å². The number of pyridine rings is 1. The Morgan fingerprint density at radius 2 is 2.33 bits per heavy atom. The van der Waals surface area contributed by atoms with E-state index in [-0.39, 0.29) is 11.7 Å². The van der Waals surface area contributed by atoms with Gasteiger partial charge in [0.05, 0.1) is 6.54 Å². The Balaban J connectivity index is 1.59. The summed E-state index contributed by atoms with van der Waals surface area (Å²) in [5.41, 5.74) is 1.13. The largest absolute Gasteiger partial charge is 0.352 e. The number of hydrogen-bond acceptors (Lipinski definition) is 6. The summed E-state index contributed by atoms with van der Waals surface area (Å²) >= 11 is 0. The molecule has 3 rings (SSSR count). The van der Waals surface area contributed by atoms with E-state index in [4.69, 9.17) is 4.52 Å². The number of rotatable bonds is 6. The first-order chi connectivity index (χ1) is 11.8. The minimum absolute atomic E-state index is 0.0922. The summed E-state index contributed by atoms with van der Waals surface area (Å²) in [5.74, 6) is 0.267. The molecule has 1 atom stereocenters. The molecule has 3 heterocycles. The number of aryl methyl sites for hydroxylation is 1. The van der Waals surface area contributed by atoms with Crippen molar-refractivity contribution >= 4 is 5.91 Å². The van der Waals surface area contributed by atoms with Gasteiger partial charge in [-0.15, -0.1) is 0 Å². The van der Waals surface area contributed by atoms with Crippen LogP contribution in [0.1, 0.15) is 47.9 Å².